The summed E-state index contributed by atoms with van der Waals surface area (Å²) in [5.74, 6) is -5.78. The van der Waals surface area contributed by atoms with Gasteiger partial charge >= 0.3 is 0 Å². The van der Waals surface area contributed by atoms with E-state index in [4.69, 9.17) is 0 Å². The van der Waals surface area contributed by atoms with E-state index in [0.717, 1.165) is 16.7 Å². The lowest BCUT2D eigenvalue weighted by Crippen LogP contribution is -2.07. The summed E-state index contributed by atoms with van der Waals surface area (Å²) < 4.78 is 28.7. The van der Waals surface area contributed by atoms with Crippen molar-refractivity contribution in [2.45, 2.75) is 18.8 Å². The van der Waals surface area contributed by atoms with Crippen molar-refractivity contribution in [2.24, 2.45) is 5.92 Å². The van der Waals surface area contributed by atoms with E-state index in [1.54, 1.807) is 36.4 Å². The summed E-state index contributed by atoms with van der Waals surface area (Å²) in [5.41, 5.74) is 3.87. The van der Waals surface area contributed by atoms with Crippen molar-refractivity contribution in [3.05, 3.63) is 95.6 Å². The molecule has 1 saturated carbocycles. The lowest BCUT2D eigenvalue weighted by atomic mass is 9.99. The summed E-state index contributed by atoms with van der Waals surface area (Å²) in [5, 5.41) is 0. The Labute approximate surface area is 151 Å². The van der Waals surface area contributed by atoms with Crippen LogP contribution < -0.4 is 0 Å². The monoisotopic (exact) mass is 348 g/mol. The van der Waals surface area contributed by atoms with Gasteiger partial charge in [-0.25, -0.2) is 8.78 Å². The lowest BCUT2D eigenvalue weighted by molar-refractivity contribution is 0.0742. The standard InChI is InChI=1S/C23H18F2O/c1-15-7-9-19(10-8-15)22(26)21-20(23(21,24)25)18-13-11-17(12-14-18)16-5-3-2-4-6-16/h2-14,20-21H,1H3. The fourth-order valence-corrected chi connectivity index (χ4v) is 3.48. The highest BCUT2D eigenvalue weighted by atomic mass is 19.3. The molecule has 2 atom stereocenters. The summed E-state index contributed by atoms with van der Waals surface area (Å²) >= 11 is 0. The largest absolute Gasteiger partial charge is 0.294 e. The first-order valence-corrected chi connectivity index (χ1v) is 8.62. The third-order valence-corrected chi connectivity index (χ3v) is 5.05. The van der Waals surface area contributed by atoms with Gasteiger partial charge in [0.15, 0.2) is 5.78 Å². The topological polar surface area (TPSA) is 17.1 Å². The van der Waals surface area contributed by atoms with E-state index >= 15 is 0 Å². The highest BCUT2D eigenvalue weighted by Crippen LogP contribution is 2.62. The van der Waals surface area contributed by atoms with E-state index in [0.29, 0.717) is 11.1 Å². The Morgan fingerprint density at radius 1 is 0.808 bits per heavy atom. The first kappa shape index (κ1) is 16.6. The zero-order valence-electron chi connectivity index (χ0n) is 14.3. The molecule has 0 spiro atoms. The van der Waals surface area contributed by atoms with Crippen molar-refractivity contribution in [2.75, 3.05) is 0 Å². The minimum Gasteiger partial charge on any atom is -0.294 e. The maximum absolute atomic E-state index is 14.4. The summed E-state index contributed by atoms with van der Waals surface area (Å²) in [4.78, 5) is 12.5. The van der Waals surface area contributed by atoms with Gasteiger partial charge < -0.3 is 0 Å². The van der Waals surface area contributed by atoms with Crippen LogP contribution in [0.15, 0.2) is 78.9 Å². The van der Waals surface area contributed by atoms with E-state index < -0.39 is 23.5 Å². The molecule has 0 N–H and O–H groups in total. The Bertz CT molecular complexity index is 928. The highest BCUT2D eigenvalue weighted by molar-refractivity contribution is 6.01. The molecular weight excluding hydrogens is 330 g/mol. The van der Waals surface area contributed by atoms with Crippen molar-refractivity contribution >= 4 is 5.78 Å². The number of Topliss-reactive ketones (excluding diaryl/α,β-unsaturated/α-hetero) is 1. The number of hydrogen-bond donors (Lipinski definition) is 0. The molecule has 2 unspecified atom stereocenters. The summed E-state index contributed by atoms with van der Waals surface area (Å²) in [6.07, 6.45) is 0. The number of rotatable bonds is 4. The molecule has 0 aromatic heterocycles. The Balaban J connectivity index is 1.58. The van der Waals surface area contributed by atoms with Crippen LogP contribution in [-0.2, 0) is 0 Å². The molecule has 3 aromatic rings. The van der Waals surface area contributed by atoms with E-state index in [2.05, 4.69) is 0 Å². The number of halogens is 2. The fourth-order valence-electron chi connectivity index (χ4n) is 3.48. The van der Waals surface area contributed by atoms with Gasteiger partial charge in [0, 0.05) is 5.56 Å². The van der Waals surface area contributed by atoms with Crippen LogP contribution in [-0.4, -0.2) is 11.7 Å². The van der Waals surface area contributed by atoms with Crippen LogP contribution in [0.2, 0.25) is 0 Å². The molecule has 130 valence electrons. The van der Waals surface area contributed by atoms with Crippen molar-refractivity contribution in [3.8, 4) is 11.1 Å². The van der Waals surface area contributed by atoms with Gasteiger partial charge in [-0.15, -0.1) is 0 Å². The first-order chi connectivity index (χ1) is 12.5. The number of carbonyl (C=O) groups excluding carboxylic acids is 1. The molecule has 0 radical (unpaired) electrons. The SMILES string of the molecule is Cc1ccc(C(=O)C2C(c3ccc(-c4ccccc4)cc3)C2(F)F)cc1. The van der Waals surface area contributed by atoms with Crippen LogP contribution in [0.25, 0.3) is 11.1 Å². The van der Waals surface area contributed by atoms with Crippen molar-refractivity contribution in [3.63, 3.8) is 0 Å². The van der Waals surface area contributed by atoms with Gasteiger partial charge in [-0.3, -0.25) is 4.79 Å². The van der Waals surface area contributed by atoms with Crippen LogP contribution in [0.5, 0.6) is 0 Å². The Morgan fingerprint density at radius 2 is 1.38 bits per heavy atom. The van der Waals surface area contributed by atoms with Gasteiger partial charge in [0.25, 0.3) is 5.92 Å². The van der Waals surface area contributed by atoms with Crippen LogP contribution in [0.1, 0.15) is 27.4 Å². The Morgan fingerprint density at radius 3 is 2.00 bits per heavy atom. The molecule has 1 aliphatic carbocycles. The normalized spacial score (nSPS) is 20.6. The van der Waals surface area contributed by atoms with E-state index in [1.807, 2.05) is 49.4 Å². The minimum absolute atomic E-state index is 0.351. The van der Waals surface area contributed by atoms with Gasteiger partial charge in [0.05, 0.1) is 11.8 Å². The second-order valence-electron chi connectivity index (χ2n) is 6.85. The maximum atomic E-state index is 14.4. The van der Waals surface area contributed by atoms with Gasteiger partial charge in [-0.05, 0) is 23.6 Å². The smallest absolute Gasteiger partial charge is 0.266 e. The Kier molecular flexibility index (Phi) is 3.95. The van der Waals surface area contributed by atoms with Crippen molar-refractivity contribution in [1.29, 1.82) is 0 Å². The average molecular weight is 348 g/mol. The number of hydrogen-bond acceptors (Lipinski definition) is 1. The Hall–Kier alpha value is -2.81. The second kappa shape index (κ2) is 6.17. The molecule has 3 heteroatoms. The molecule has 0 heterocycles. The van der Waals surface area contributed by atoms with Crippen LogP contribution in [0.3, 0.4) is 0 Å². The zero-order chi connectivity index (χ0) is 18.3. The number of carbonyl (C=O) groups is 1. The van der Waals surface area contributed by atoms with Gasteiger partial charge in [-0.2, -0.15) is 0 Å². The summed E-state index contributed by atoms with van der Waals surface area (Å²) in [6.45, 7) is 1.90. The molecule has 1 fully saturated rings. The van der Waals surface area contributed by atoms with Crippen LogP contribution in [0.4, 0.5) is 8.78 Å². The second-order valence-corrected chi connectivity index (χ2v) is 6.85. The number of ketones is 1. The van der Waals surface area contributed by atoms with Gasteiger partial charge in [0.1, 0.15) is 0 Å². The fraction of sp³-hybridized carbons (Fsp3) is 0.174. The molecule has 1 aliphatic rings. The number of alkyl halides is 2. The maximum Gasteiger partial charge on any atom is 0.266 e. The van der Waals surface area contributed by atoms with Gasteiger partial charge in [-0.1, -0.05) is 84.4 Å². The third kappa shape index (κ3) is 2.84. The molecule has 0 saturated heterocycles. The predicted molar refractivity (Wildman–Crippen MR) is 98.6 cm³/mol. The molecule has 0 bridgehead atoms. The predicted octanol–water partition coefficient (Wildman–Crippen LogP) is 5.89. The first-order valence-electron chi connectivity index (χ1n) is 8.62. The molecule has 26 heavy (non-hydrogen) atoms. The van der Waals surface area contributed by atoms with E-state index in [-0.39, 0.29) is 0 Å². The van der Waals surface area contributed by atoms with Crippen LogP contribution >= 0.6 is 0 Å². The molecule has 3 aromatic carbocycles. The number of aryl methyl sites for hydroxylation is 1. The molecule has 4 rings (SSSR count). The highest BCUT2D eigenvalue weighted by Gasteiger charge is 2.71. The quantitative estimate of drug-likeness (QED) is 0.537. The molecule has 0 aliphatic heterocycles. The molecule has 1 nitrogen and oxygen atoms in total. The van der Waals surface area contributed by atoms with Crippen molar-refractivity contribution < 1.29 is 13.6 Å². The average Bonchev–Trinajstić information content (AvgIpc) is 3.24. The summed E-state index contributed by atoms with van der Waals surface area (Å²) in [6, 6.07) is 23.7. The van der Waals surface area contributed by atoms with E-state index in [1.165, 1.54) is 0 Å². The van der Waals surface area contributed by atoms with Crippen molar-refractivity contribution in [1.82, 2.24) is 0 Å². The summed E-state index contributed by atoms with van der Waals surface area (Å²) in [7, 11) is 0. The minimum atomic E-state index is -2.99. The lowest BCUT2D eigenvalue weighted by Gasteiger charge is -2.04. The van der Waals surface area contributed by atoms with E-state index in [9.17, 15) is 13.6 Å². The third-order valence-electron chi connectivity index (χ3n) is 5.05. The number of benzene rings is 3. The van der Waals surface area contributed by atoms with Gasteiger partial charge in [0.2, 0.25) is 0 Å². The molecular formula is C23H18F2O. The van der Waals surface area contributed by atoms with Crippen LogP contribution in [0, 0.1) is 12.8 Å². The zero-order valence-corrected chi connectivity index (χ0v) is 14.3. The molecule has 0 amide bonds.